The van der Waals surface area contributed by atoms with Gasteiger partial charge < -0.3 is 33.9 Å². The number of aryl methyl sites for hydroxylation is 1. The number of halogens is 2. The number of hydrogen-bond donors (Lipinski definition) is 2. The molecule has 0 radical (unpaired) electrons. The first-order valence-corrected chi connectivity index (χ1v) is 24.7. The number of amides is 2. The molecule has 1 aliphatic carbocycles. The Labute approximate surface area is 396 Å². The summed E-state index contributed by atoms with van der Waals surface area (Å²) in [6, 6.07) is 2.47. The number of rotatable bonds is 9. The highest BCUT2D eigenvalue weighted by Crippen LogP contribution is 2.39. The molecule has 4 atom stereocenters. The van der Waals surface area contributed by atoms with Gasteiger partial charge >= 0.3 is 17.7 Å². The highest BCUT2D eigenvalue weighted by Gasteiger charge is 2.61. The van der Waals surface area contributed by atoms with Crippen molar-refractivity contribution in [3.63, 3.8) is 0 Å². The number of hydrazine groups is 1. The molecular weight excluding hydrogens is 859 g/mol. The number of ether oxygens (including phenoxy) is 3. The number of methoxy groups -OCH3 is 1. The summed E-state index contributed by atoms with van der Waals surface area (Å²) in [5.41, 5.74) is 4.48. The number of amidine groups is 1. The van der Waals surface area contributed by atoms with Gasteiger partial charge in [0.15, 0.2) is 11.7 Å². The lowest BCUT2D eigenvalue weighted by Crippen LogP contribution is -2.52. The first-order valence-electron chi connectivity index (χ1n) is 24.7. The fraction of sp³-hybridized carbons (Fsp3) is 0.667. The predicted octanol–water partition coefficient (Wildman–Crippen LogP) is 6.97. The Hall–Kier alpha value is -4.67. The molecule has 4 saturated heterocycles. The second-order valence-corrected chi connectivity index (χ2v) is 19.6. The Kier molecular flexibility index (Phi) is 17.8. The molecule has 6 bridgehead atoms. The Bertz CT molecular complexity index is 2170. The highest BCUT2D eigenvalue weighted by molar-refractivity contribution is 6.13. The average Bonchev–Trinajstić information content (AvgIpc) is 3.94. The quantitative estimate of drug-likeness (QED) is 0.119. The number of aromatic nitrogens is 1. The Morgan fingerprint density at radius 2 is 1.84 bits per heavy atom. The maximum atomic E-state index is 16.5. The molecule has 0 spiro atoms. The van der Waals surface area contributed by atoms with Crippen LogP contribution in [0, 0.1) is 11.2 Å². The molecule has 2 N–H and O–H groups in total. The molecule has 2 aromatic rings. The molecule has 370 valence electrons. The lowest BCUT2D eigenvalue weighted by atomic mass is 9.85. The number of likely N-dealkylation sites (N-methyl/N-ethyl adjacent to an activating group) is 1. The van der Waals surface area contributed by atoms with Gasteiger partial charge in [0.1, 0.15) is 18.9 Å². The zero-order chi connectivity index (χ0) is 48.5. The number of carbonyl (C=O) groups excluding carboxylic acids is 3. The van der Waals surface area contributed by atoms with E-state index in [9.17, 15) is 14.4 Å². The number of cyclic esters (lactones) is 1. The minimum Gasteiger partial charge on any atom is -0.463 e. The van der Waals surface area contributed by atoms with Gasteiger partial charge in [-0.3, -0.25) is 9.79 Å². The van der Waals surface area contributed by atoms with Gasteiger partial charge in [-0.25, -0.2) is 23.8 Å². The molecule has 1 aromatic carbocycles. The summed E-state index contributed by atoms with van der Waals surface area (Å²) in [6.07, 6.45) is 14.0. The number of nitrogens with zero attached hydrogens (tertiary/aromatic N) is 6. The topological polar surface area (TPSA) is 133 Å². The Morgan fingerprint density at radius 3 is 2.48 bits per heavy atom. The number of hydrogen-bond acceptors (Lipinski definition) is 10. The zero-order valence-corrected chi connectivity index (χ0v) is 41.4. The smallest absolute Gasteiger partial charge is 0.332 e. The molecule has 67 heavy (non-hydrogen) atoms. The molecule has 1 saturated carbocycles. The van der Waals surface area contributed by atoms with E-state index in [0.29, 0.717) is 88.8 Å². The number of hydrazone groups is 1. The first-order chi connectivity index (χ1) is 32.1. The van der Waals surface area contributed by atoms with E-state index >= 15 is 8.78 Å². The monoisotopic (exact) mass is 936 g/mol. The van der Waals surface area contributed by atoms with E-state index in [-0.39, 0.29) is 49.9 Å². The molecule has 1 aromatic heterocycles. The van der Waals surface area contributed by atoms with Crippen molar-refractivity contribution in [1.82, 2.24) is 25.1 Å². The van der Waals surface area contributed by atoms with Crippen LogP contribution < -0.4 is 15.6 Å². The fourth-order valence-electron chi connectivity index (χ4n) is 9.42. The van der Waals surface area contributed by atoms with Crippen LogP contribution in [0.15, 0.2) is 35.5 Å². The largest absolute Gasteiger partial charge is 0.463 e. The van der Waals surface area contributed by atoms with Gasteiger partial charge in [-0.2, -0.15) is 9.58 Å². The Morgan fingerprint density at radius 1 is 1.13 bits per heavy atom. The second kappa shape index (κ2) is 23.1. The molecule has 4 unspecified atom stereocenters. The summed E-state index contributed by atoms with van der Waals surface area (Å²) >= 11 is 0. The van der Waals surface area contributed by atoms with E-state index in [1.807, 2.05) is 35.6 Å². The molecule has 5 aliphatic heterocycles. The van der Waals surface area contributed by atoms with Gasteiger partial charge in [-0.1, -0.05) is 72.5 Å². The summed E-state index contributed by atoms with van der Waals surface area (Å²) in [4.78, 5) is 50.6. The van der Waals surface area contributed by atoms with Crippen molar-refractivity contribution < 1.29 is 42.1 Å². The summed E-state index contributed by atoms with van der Waals surface area (Å²) in [5.74, 6) is -1.15. The average molecular weight is 936 g/mol. The van der Waals surface area contributed by atoms with E-state index in [1.54, 1.807) is 30.4 Å². The van der Waals surface area contributed by atoms with Crippen molar-refractivity contribution in [2.75, 3.05) is 71.5 Å². The third kappa shape index (κ3) is 12.3. The number of benzene rings is 1. The number of fused-ring (bicyclic) bond motifs is 7. The van der Waals surface area contributed by atoms with Gasteiger partial charge in [-0.05, 0) is 63.9 Å². The number of nitrogens with one attached hydrogen (secondary N) is 2. The maximum Gasteiger partial charge on any atom is 0.332 e. The van der Waals surface area contributed by atoms with Crippen LogP contribution in [0.3, 0.4) is 0 Å². The summed E-state index contributed by atoms with van der Waals surface area (Å²) in [6.45, 7) is 19.0. The third-order valence-electron chi connectivity index (χ3n) is 13.5. The molecule has 14 nitrogen and oxygen atoms in total. The van der Waals surface area contributed by atoms with Crippen LogP contribution in [-0.2, 0) is 41.6 Å². The van der Waals surface area contributed by atoms with Crippen LogP contribution in [0.2, 0.25) is 0 Å². The number of esters is 1. The highest BCUT2D eigenvalue weighted by atomic mass is 19.1. The third-order valence-corrected chi connectivity index (χ3v) is 13.5. The van der Waals surface area contributed by atoms with Gasteiger partial charge in [0.2, 0.25) is 6.04 Å². The standard InChI is InChI=1S/C44H61F2N8O6.C4H8.C3H8/c1-8-14-48-34(28(3)58-7)23-36-31-24-43(4,5)27-60-41(56)33-11-10-17-53(49-33)40-38(54(40)39(55)26-50(6)42(57)44(46)12-15-47-16-13-44)20-29-25-51(18-19-59-29)37-21-30(31)35(22-32(37)45)52(36)9-2;1-2-4-3-1;1-3-2/h8,14,21-23,28-29,33,38,47,49H,1,9-13,15-20,24-27H2,2-7H3;1-4H2;3H2,1-2H3/q+1;;/b34-23+,48-14?;;. The number of carbonyl (C=O) groups is 3. The Balaban J connectivity index is 0.000000980. The van der Waals surface area contributed by atoms with Crippen LogP contribution in [0.5, 0.6) is 0 Å². The van der Waals surface area contributed by atoms with Crippen LogP contribution in [0.1, 0.15) is 117 Å². The van der Waals surface area contributed by atoms with Crippen molar-refractivity contribution in [2.24, 2.45) is 10.4 Å². The molecular formula is C51H77F2N8O6+. The number of piperidine rings is 1. The summed E-state index contributed by atoms with van der Waals surface area (Å²) in [5, 5.41) is 3.97. The van der Waals surface area contributed by atoms with E-state index in [2.05, 4.69) is 54.6 Å². The molecule has 16 heteroatoms. The minimum atomic E-state index is -2.02. The van der Waals surface area contributed by atoms with Crippen molar-refractivity contribution in [3.8, 4) is 0 Å². The maximum absolute atomic E-state index is 16.5. The number of anilines is 1. The fourth-order valence-corrected chi connectivity index (χ4v) is 9.42. The number of aliphatic imine (C=N–C) groups is 1. The summed E-state index contributed by atoms with van der Waals surface area (Å²) < 4.78 is 54.2. The minimum absolute atomic E-state index is 0.0488. The van der Waals surface area contributed by atoms with Gasteiger partial charge in [-0.15, -0.1) is 0 Å². The van der Waals surface area contributed by atoms with Gasteiger partial charge in [0, 0.05) is 81.8 Å². The number of allylic oxidation sites excluding steroid dienone is 1. The van der Waals surface area contributed by atoms with E-state index in [1.165, 1.54) is 44.1 Å². The van der Waals surface area contributed by atoms with Crippen molar-refractivity contribution >= 4 is 52.5 Å². The van der Waals surface area contributed by atoms with Crippen LogP contribution in [-0.4, -0.2) is 145 Å². The SMILES string of the molecule is C1CCC1.C=CC=N/C(=C/c1c2c3cc(c(F)cc3n1CC)N1CCOC(CC3/C(=[N+]4/CCCC(N4)C(=O)OCC(C)(C)C2)N3C(=O)CN(C)C(=O)C2(F)CCNCC2)C1)C(C)OC.CCC. The molecule has 6 aliphatic rings. The van der Waals surface area contributed by atoms with Gasteiger partial charge in [0.25, 0.3) is 5.91 Å². The van der Waals surface area contributed by atoms with E-state index in [4.69, 9.17) is 14.2 Å². The molecule has 8 rings (SSSR count). The second-order valence-electron chi connectivity index (χ2n) is 19.6. The molecule has 6 heterocycles. The summed E-state index contributed by atoms with van der Waals surface area (Å²) in [7, 11) is 3.09. The van der Waals surface area contributed by atoms with Crippen LogP contribution in [0.25, 0.3) is 17.0 Å². The van der Waals surface area contributed by atoms with Gasteiger partial charge in [0.05, 0.1) is 42.3 Å². The van der Waals surface area contributed by atoms with Crippen LogP contribution in [0.4, 0.5) is 14.5 Å². The first kappa shape index (κ1) is 51.7. The van der Waals surface area contributed by atoms with Crippen molar-refractivity contribution in [1.29, 1.82) is 0 Å². The molecule has 2 amide bonds. The zero-order valence-electron chi connectivity index (χ0n) is 41.4. The van der Waals surface area contributed by atoms with E-state index in [0.717, 1.165) is 22.2 Å². The number of morpholine rings is 1. The van der Waals surface area contributed by atoms with E-state index < -0.39 is 35.0 Å². The lowest BCUT2D eigenvalue weighted by Gasteiger charge is -2.34. The normalized spacial score (nSPS) is 25.1. The van der Waals surface area contributed by atoms with Crippen molar-refractivity contribution in [3.05, 3.63) is 47.6 Å². The van der Waals surface area contributed by atoms with Crippen molar-refractivity contribution in [2.45, 2.75) is 149 Å². The number of alkyl halides is 1. The van der Waals surface area contributed by atoms with Crippen LogP contribution >= 0.6 is 0 Å². The molecule has 5 fully saturated rings. The lowest BCUT2D eigenvalue weighted by molar-refractivity contribution is -0.600. The predicted molar refractivity (Wildman–Crippen MR) is 261 cm³/mol.